The van der Waals surface area contributed by atoms with Crippen molar-refractivity contribution in [3.63, 3.8) is 0 Å². The van der Waals surface area contributed by atoms with Gasteiger partial charge < -0.3 is 5.32 Å². The number of hydrogen-bond donors (Lipinski definition) is 2. The second-order valence-corrected chi connectivity index (χ2v) is 7.99. The SMILES string of the molecule is O=C1NC(=O)C2C1C1CCCC1C1NC3CCCCC3C12. The van der Waals surface area contributed by atoms with Gasteiger partial charge in [0.15, 0.2) is 0 Å². The number of rotatable bonds is 0. The maximum Gasteiger partial charge on any atom is 0.230 e. The molecule has 114 valence electrons. The molecule has 4 nitrogen and oxygen atoms in total. The van der Waals surface area contributed by atoms with Crippen molar-refractivity contribution in [3.05, 3.63) is 0 Å². The molecule has 8 atom stereocenters. The van der Waals surface area contributed by atoms with Gasteiger partial charge in [0, 0.05) is 12.1 Å². The molecule has 5 rings (SSSR count). The monoisotopic (exact) mass is 288 g/mol. The Hall–Kier alpha value is -0.900. The second kappa shape index (κ2) is 4.31. The molecule has 5 aliphatic rings. The summed E-state index contributed by atoms with van der Waals surface area (Å²) in [5.74, 6) is 2.20. The Labute approximate surface area is 125 Å². The predicted molar refractivity (Wildman–Crippen MR) is 77.1 cm³/mol. The molecule has 3 aliphatic carbocycles. The predicted octanol–water partition coefficient (Wildman–Crippen LogP) is 1.45. The molecule has 8 unspecified atom stereocenters. The summed E-state index contributed by atoms with van der Waals surface area (Å²) < 4.78 is 0. The zero-order valence-electron chi connectivity index (χ0n) is 12.4. The van der Waals surface area contributed by atoms with Crippen molar-refractivity contribution in [2.45, 2.75) is 57.0 Å². The van der Waals surface area contributed by atoms with E-state index in [9.17, 15) is 9.59 Å². The van der Waals surface area contributed by atoms with Crippen LogP contribution in [0.15, 0.2) is 0 Å². The van der Waals surface area contributed by atoms with Gasteiger partial charge in [0.05, 0.1) is 11.8 Å². The topological polar surface area (TPSA) is 58.2 Å². The fourth-order valence-corrected chi connectivity index (χ4v) is 6.75. The van der Waals surface area contributed by atoms with E-state index in [0.29, 0.717) is 35.8 Å². The van der Waals surface area contributed by atoms with E-state index >= 15 is 0 Å². The number of hydrogen-bond acceptors (Lipinski definition) is 3. The molecule has 2 heterocycles. The van der Waals surface area contributed by atoms with Crippen molar-refractivity contribution in [3.8, 4) is 0 Å². The largest absolute Gasteiger partial charge is 0.310 e. The smallest absolute Gasteiger partial charge is 0.230 e. The van der Waals surface area contributed by atoms with Gasteiger partial charge in [-0.15, -0.1) is 0 Å². The van der Waals surface area contributed by atoms with Crippen LogP contribution in [0.3, 0.4) is 0 Å². The van der Waals surface area contributed by atoms with E-state index in [1.807, 2.05) is 0 Å². The molecule has 2 amide bonds. The minimum atomic E-state index is -0.0255. The molecule has 0 bridgehead atoms. The van der Waals surface area contributed by atoms with Gasteiger partial charge in [-0.2, -0.15) is 0 Å². The van der Waals surface area contributed by atoms with Crippen LogP contribution in [0.1, 0.15) is 44.9 Å². The van der Waals surface area contributed by atoms with Crippen LogP contribution in [0.25, 0.3) is 0 Å². The molecule has 0 aromatic carbocycles. The van der Waals surface area contributed by atoms with Crippen LogP contribution >= 0.6 is 0 Å². The number of carbonyl (C=O) groups excluding carboxylic acids is 2. The van der Waals surface area contributed by atoms with E-state index < -0.39 is 0 Å². The fraction of sp³-hybridized carbons (Fsp3) is 0.882. The minimum Gasteiger partial charge on any atom is -0.310 e. The molecular formula is C17H24N2O2. The maximum absolute atomic E-state index is 12.5. The lowest BCUT2D eigenvalue weighted by atomic mass is 9.58. The zero-order valence-corrected chi connectivity index (χ0v) is 12.4. The van der Waals surface area contributed by atoms with Gasteiger partial charge in [0.2, 0.25) is 11.8 Å². The summed E-state index contributed by atoms with van der Waals surface area (Å²) in [4.78, 5) is 24.8. The minimum absolute atomic E-state index is 0.00581. The van der Waals surface area contributed by atoms with Crippen LogP contribution in [0.4, 0.5) is 0 Å². The highest BCUT2D eigenvalue weighted by molar-refractivity contribution is 6.05. The zero-order chi connectivity index (χ0) is 14.1. The Morgan fingerprint density at radius 2 is 1.48 bits per heavy atom. The van der Waals surface area contributed by atoms with E-state index in [1.54, 1.807) is 0 Å². The van der Waals surface area contributed by atoms with Crippen LogP contribution in [0.5, 0.6) is 0 Å². The van der Waals surface area contributed by atoms with Crippen molar-refractivity contribution in [2.24, 2.45) is 35.5 Å². The van der Waals surface area contributed by atoms with Crippen LogP contribution < -0.4 is 10.6 Å². The molecule has 2 aliphatic heterocycles. The maximum atomic E-state index is 12.5. The molecule has 4 heteroatoms. The molecule has 0 spiro atoms. The molecule has 0 aromatic rings. The van der Waals surface area contributed by atoms with Gasteiger partial charge in [0.25, 0.3) is 0 Å². The van der Waals surface area contributed by atoms with Crippen molar-refractivity contribution in [1.29, 1.82) is 0 Å². The van der Waals surface area contributed by atoms with Crippen LogP contribution in [0.2, 0.25) is 0 Å². The first kappa shape index (κ1) is 12.6. The Kier molecular flexibility index (Phi) is 2.59. The summed E-state index contributed by atoms with van der Waals surface area (Å²) in [6, 6.07) is 1.11. The van der Waals surface area contributed by atoms with Crippen molar-refractivity contribution >= 4 is 11.8 Å². The number of amides is 2. The second-order valence-electron chi connectivity index (χ2n) is 7.99. The molecule has 0 aromatic heterocycles. The van der Waals surface area contributed by atoms with Crippen LogP contribution in [0, 0.1) is 35.5 Å². The lowest BCUT2D eigenvalue weighted by molar-refractivity contribution is -0.128. The Morgan fingerprint density at radius 3 is 2.38 bits per heavy atom. The Morgan fingerprint density at radius 1 is 0.762 bits per heavy atom. The molecule has 2 N–H and O–H groups in total. The highest BCUT2D eigenvalue weighted by atomic mass is 16.2. The summed E-state index contributed by atoms with van der Waals surface area (Å²) in [5.41, 5.74) is 0. The van der Waals surface area contributed by atoms with Crippen LogP contribution in [-0.2, 0) is 9.59 Å². The Balaban J connectivity index is 1.58. The third kappa shape index (κ3) is 1.55. The normalized spacial score (nSPS) is 54.7. The molecular weight excluding hydrogens is 264 g/mol. The summed E-state index contributed by atoms with van der Waals surface area (Å²) in [5, 5.41) is 6.60. The number of nitrogens with one attached hydrogen (secondary N) is 2. The average molecular weight is 288 g/mol. The number of fused-ring (bicyclic) bond motifs is 8. The first-order chi connectivity index (χ1) is 10.3. The van der Waals surface area contributed by atoms with Crippen LogP contribution in [-0.4, -0.2) is 23.9 Å². The summed E-state index contributed by atoms with van der Waals surface area (Å²) in [7, 11) is 0. The molecule has 0 radical (unpaired) electrons. The molecule has 5 fully saturated rings. The Bertz CT molecular complexity index is 505. The van der Waals surface area contributed by atoms with Crippen molar-refractivity contribution in [2.75, 3.05) is 0 Å². The van der Waals surface area contributed by atoms with Gasteiger partial charge in [-0.3, -0.25) is 14.9 Å². The third-order valence-electron chi connectivity index (χ3n) is 7.34. The number of imide groups is 1. The average Bonchev–Trinajstić information content (AvgIpc) is 3.14. The van der Waals surface area contributed by atoms with Crippen molar-refractivity contribution < 1.29 is 9.59 Å². The highest BCUT2D eigenvalue weighted by Crippen LogP contribution is 2.57. The van der Waals surface area contributed by atoms with E-state index in [-0.39, 0.29) is 23.7 Å². The first-order valence-corrected chi connectivity index (χ1v) is 8.86. The van der Waals surface area contributed by atoms with Gasteiger partial charge in [-0.25, -0.2) is 0 Å². The lowest BCUT2D eigenvalue weighted by Crippen LogP contribution is -2.51. The van der Waals surface area contributed by atoms with Gasteiger partial charge in [-0.05, 0) is 49.4 Å². The highest BCUT2D eigenvalue weighted by Gasteiger charge is 2.64. The van der Waals surface area contributed by atoms with Gasteiger partial charge in [-0.1, -0.05) is 19.3 Å². The molecule has 2 saturated heterocycles. The van der Waals surface area contributed by atoms with E-state index in [2.05, 4.69) is 10.6 Å². The quantitative estimate of drug-likeness (QED) is 0.663. The van der Waals surface area contributed by atoms with Gasteiger partial charge >= 0.3 is 0 Å². The molecule has 3 saturated carbocycles. The fourth-order valence-electron chi connectivity index (χ4n) is 6.75. The summed E-state index contributed by atoms with van der Waals surface area (Å²) >= 11 is 0. The van der Waals surface area contributed by atoms with E-state index in [0.717, 1.165) is 6.42 Å². The lowest BCUT2D eigenvalue weighted by Gasteiger charge is -2.44. The van der Waals surface area contributed by atoms with Crippen molar-refractivity contribution in [1.82, 2.24) is 10.6 Å². The molecule has 21 heavy (non-hydrogen) atoms. The summed E-state index contributed by atoms with van der Waals surface area (Å²) in [6.07, 6.45) is 8.77. The standard InChI is InChI=1S/C17H24N2O2/c20-16-13-8-5-3-6-9(8)15-12(14(13)17(21)19-16)10-4-1-2-7-11(10)18-15/h8-15,18H,1-7H2,(H,19,20,21). The third-order valence-corrected chi connectivity index (χ3v) is 7.34. The number of carbonyl (C=O) groups is 2. The van der Waals surface area contributed by atoms with Gasteiger partial charge in [0.1, 0.15) is 0 Å². The first-order valence-electron chi connectivity index (χ1n) is 8.86. The van der Waals surface area contributed by atoms with E-state index in [1.165, 1.54) is 38.5 Å². The van der Waals surface area contributed by atoms with E-state index in [4.69, 9.17) is 0 Å². The summed E-state index contributed by atoms with van der Waals surface area (Å²) in [6.45, 7) is 0.